The molecule has 1 heterocycles. The second-order valence-corrected chi connectivity index (χ2v) is 4.56. The van der Waals surface area contributed by atoms with Gasteiger partial charge in [-0.1, -0.05) is 12.1 Å². The molecule has 0 aliphatic rings. The molecule has 1 aromatic heterocycles. The highest BCUT2D eigenvalue weighted by Gasteiger charge is 2.11. The van der Waals surface area contributed by atoms with Gasteiger partial charge in [0.15, 0.2) is 5.82 Å². The second kappa shape index (κ2) is 5.28. The summed E-state index contributed by atoms with van der Waals surface area (Å²) < 4.78 is 28.1. The monoisotopic (exact) mass is 287 g/mol. The summed E-state index contributed by atoms with van der Waals surface area (Å²) in [7, 11) is 0. The lowest BCUT2D eigenvalue weighted by atomic mass is 10.1. The zero-order valence-electron chi connectivity index (χ0n) is 10.9. The van der Waals surface area contributed by atoms with Crippen LogP contribution in [0.5, 0.6) is 0 Å². The number of nitrogens with two attached hydrogens (primary N) is 1. The minimum absolute atomic E-state index is 0.274. The van der Waals surface area contributed by atoms with Crippen LogP contribution in [0.4, 0.5) is 14.5 Å². The quantitative estimate of drug-likeness (QED) is 0.750. The number of tetrazole rings is 1. The van der Waals surface area contributed by atoms with Crippen molar-refractivity contribution in [1.82, 2.24) is 20.2 Å². The fourth-order valence-electron chi connectivity index (χ4n) is 2.07. The summed E-state index contributed by atoms with van der Waals surface area (Å²) in [6.45, 7) is 0.274. The summed E-state index contributed by atoms with van der Waals surface area (Å²) in [4.78, 5) is 0. The SMILES string of the molecule is Nc1cc(F)cc(-c2nnnn2Cc2cccc(F)c2)c1. The Morgan fingerprint density at radius 1 is 1.05 bits per heavy atom. The van der Waals surface area contributed by atoms with E-state index in [1.54, 1.807) is 18.2 Å². The molecule has 3 aromatic rings. The number of aromatic nitrogens is 4. The van der Waals surface area contributed by atoms with Crippen LogP contribution in [0.3, 0.4) is 0 Å². The fraction of sp³-hybridized carbons (Fsp3) is 0.0714. The van der Waals surface area contributed by atoms with Gasteiger partial charge in [-0.25, -0.2) is 13.5 Å². The van der Waals surface area contributed by atoms with Crippen LogP contribution in [0.1, 0.15) is 5.56 Å². The Labute approximate surface area is 119 Å². The molecule has 2 aromatic carbocycles. The molecule has 106 valence electrons. The van der Waals surface area contributed by atoms with Gasteiger partial charge in [0.25, 0.3) is 0 Å². The van der Waals surface area contributed by atoms with E-state index in [1.807, 2.05) is 0 Å². The van der Waals surface area contributed by atoms with E-state index in [9.17, 15) is 8.78 Å². The lowest BCUT2D eigenvalue weighted by Crippen LogP contribution is -2.05. The average molecular weight is 287 g/mol. The topological polar surface area (TPSA) is 69.6 Å². The van der Waals surface area contributed by atoms with E-state index >= 15 is 0 Å². The number of halogens is 2. The molecule has 21 heavy (non-hydrogen) atoms. The third kappa shape index (κ3) is 2.86. The Balaban J connectivity index is 1.97. The normalized spacial score (nSPS) is 10.8. The maximum Gasteiger partial charge on any atom is 0.182 e. The zero-order chi connectivity index (χ0) is 14.8. The average Bonchev–Trinajstić information content (AvgIpc) is 2.85. The van der Waals surface area contributed by atoms with E-state index in [-0.39, 0.29) is 18.0 Å². The Bertz CT molecular complexity index is 764. The van der Waals surface area contributed by atoms with E-state index < -0.39 is 5.82 Å². The molecule has 3 rings (SSSR count). The molecule has 0 unspecified atom stereocenters. The van der Waals surface area contributed by atoms with Gasteiger partial charge in [0.1, 0.15) is 11.6 Å². The van der Waals surface area contributed by atoms with Crippen molar-refractivity contribution in [2.24, 2.45) is 0 Å². The molecule has 0 fully saturated rings. The van der Waals surface area contributed by atoms with Gasteiger partial charge in [-0.2, -0.15) is 0 Å². The molecule has 0 aliphatic heterocycles. The van der Waals surface area contributed by atoms with Crippen LogP contribution >= 0.6 is 0 Å². The molecule has 0 aliphatic carbocycles. The molecule has 2 N–H and O–H groups in total. The highest BCUT2D eigenvalue weighted by atomic mass is 19.1. The van der Waals surface area contributed by atoms with Gasteiger partial charge in [0.2, 0.25) is 0 Å². The van der Waals surface area contributed by atoms with Crippen molar-refractivity contribution in [2.75, 3.05) is 5.73 Å². The summed E-state index contributed by atoms with van der Waals surface area (Å²) in [5.74, 6) is -0.437. The van der Waals surface area contributed by atoms with Gasteiger partial charge in [-0.3, -0.25) is 0 Å². The Hall–Kier alpha value is -2.83. The number of anilines is 1. The molecule has 5 nitrogen and oxygen atoms in total. The van der Waals surface area contributed by atoms with Gasteiger partial charge in [0.05, 0.1) is 6.54 Å². The first kappa shape index (κ1) is 13.2. The van der Waals surface area contributed by atoms with Crippen LogP contribution in [-0.2, 0) is 6.54 Å². The van der Waals surface area contributed by atoms with Crippen LogP contribution < -0.4 is 5.73 Å². The highest BCUT2D eigenvalue weighted by Crippen LogP contribution is 2.21. The number of benzene rings is 2. The predicted molar refractivity (Wildman–Crippen MR) is 73.1 cm³/mol. The van der Waals surface area contributed by atoms with Gasteiger partial charge in [-0.15, -0.1) is 5.10 Å². The van der Waals surface area contributed by atoms with E-state index in [0.717, 1.165) is 0 Å². The van der Waals surface area contributed by atoms with Crippen LogP contribution in [-0.4, -0.2) is 20.2 Å². The molecule has 0 amide bonds. The predicted octanol–water partition coefficient (Wildman–Crippen LogP) is 2.25. The summed E-state index contributed by atoms with van der Waals surface area (Å²) in [6, 6.07) is 10.2. The molecule has 0 atom stereocenters. The van der Waals surface area contributed by atoms with Crippen molar-refractivity contribution in [2.45, 2.75) is 6.54 Å². The van der Waals surface area contributed by atoms with Gasteiger partial charge < -0.3 is 5.73 Å². The highest BCUT2D eigenvalue weighted by molar-refractivity contribution is 5.61. The van der Waals surface area contributed by atoms with Crippen LogP contribution in [0.2, 0.25) is 0 Å². The van der Waals surface area contributed by atoms with E-state index in [4.69, 9.17) is 5.73 Å². The number of hydrogen-bond donors (Lipinski definition) is 1. The van der Waals surface area contributed by atoms with Crippen molar-refractivity contribution in [1.29, 1.82) is 0 Å². The number of nitrogen functional groups attached to an aromatic ring is 1. The Kier molecular flexibility index (Phi) is 3.31. The number of nitrogens with zero attached hydrogens (tertiary/aromatic N) is 4. The molecular formula is C14H11F2N5. The lowest BCUT2D eigenvalue weighted by molar-refractivity contribution is 0.615. The van der Waals surface area contributed by atoms with Crippen molar-refractivity contribution in [3.63, 3.8) is 0 Å². The molecule has 0 spiro atoms. The molecular weight excluding hydrogens is 276 g/mol. The van der Waals surface area contributed by atoms with Gasteiger partial charge in [0, 0.05) is 11.3 Å². The van der Waals surface area contributed by atoms with Crippen LogP contribution in [0.25, 0.3) is 11.4 Å². The van der Waals surface area contributed by atoms with Gasteiger partial charge >= 0.3 is 0 Å². The first-order valence-electron chi connectivity index (χ1n) is 6.19. The van der Waals surface area contributed by atoms with Crippen LogP contribution in [0, 0.1) is 11.6 Å². The molecule has 0 saturated carbocycles. The first-order valence-corrected chi connectivity index (χ1v) is 6.19. The smallest absolute Gasteiger partial charge is 0.182 e. The zero-order valence-corrected chi connectivity index (χ0v) is 10.9. The standard InChI is InChI=1S/C14H11F2N5/c15-11-3-1-2-9(4-11)8-21-14(18-19-20-21)10-5-12(16)7-13(17)6-10/h1-7H,8,17H2. The van der Waals surface area contributed by atoms with E-state index in [1.165, 1.54) is 28.9 Å². The van der Waals surface area contributed by atoms with Crippen molar-refractivity contribution < 1.29 is 8.78 Å². The number of rotatable bonds is 3. The third-order valence-corrected chi connectivity index (χ3v) is 2.93. The molecule has 0 bridgehead atoms. The van der Waals surface area contributed by atoms with Crippen molar-refractivity contribution in [3.05, 3.63) is 59.7 Å². The second-order valence-electron chi connectivity index (χ2n) is 4.56. The van der Waals surface area contributed by atoms with E-state index in [2.05, 4.69) is 15.5 Å². The minimum Gasteiger partial charge on any atom is -0.399 e. The summed E-state index contributed by atoms with van der Waals surface area (Å²) >= 11 is 0. The fourth-order valence-corrected chi connectivity index (χ4v) is 2.07. The lowest BCUT2D eigenvalue weighted by Gasteiger charge is -2.06. The molecule has 7 heteroatoms. The summed E-state index contributed by atoms with van der Waals surface area (Å²) in [5, 5.41) is 11.3. The van der Waals surface area contributed by atoms with Gasteiger partial charge in [-0.05, 0) is 46.3 Å². The molecule has 0 radical (unpaired) electrons. The van der Waals surface area contributed by atoms with Crippen molar-refractivity contribution in [3.8, 4) is 11.4 Å². The van der Waals surface area contributed by atoms with E-state index in [0.29, 0.717) is 17.0 Å². The largest absolute Gasteiger partial charge is 0.399 e. The minimum atomic E-state index is -0.467. The first-order chi connectivity index (χ1) is 10.1. The summed E-state index contributed by atoms with van der Waals surface area (Å²) in [6.07, 6.45) is 0. The molecule has 0 saturated heterocycles. The van der Waals surface area contributed by atoms with Crippen molar-refractivity contribution >= 4 is 5.69 Å². The maximum absolute atomic E-state index is 13.4. The summed E-state index contributed by atoms with van der Waals surface area (Å²) in [5.41, 5.74) is 7.07. The van der Waals surface area contributed by atoms with Crippen LogP contribution in [0.15, 0.2) is 42.5 Å². The Morgan fingerprint density at radius 3 is 2.67 bits per heavy atom. The number of hydrogen-bond acceptors (Lipinski definition) is 4. The third-order valence-electron chi connectivity index (χ3n) is 2.93. The maximum atomic E-state index is 13.4. The Morgan fingerprint density at radius 2 is 1.90 bits per heavy atom.